The Morgan fingerprint density at radius 2 is 2.08 bits per heavy atom. The highest BCUT2D eigenvalue weighted by atomic mass is 32.2. The number of aryl methyl sites for hydroxylation is 1. The first kappa shape index (κ1) is 9.43. The van der Waals surface area contributed by atoms with Crippen molar-refractivity contribution >= 4 is 18.7 Å². The summed E-state index contributed by atoms with van der Waals surface area (Å²) >= 11 is 0.511. The molecule has 0 saturated carbocycles. The molecule has 0 aliphatic rings. The number of rotatable bonds is 3. The van der Waals surface area contributed by atoms with Gasteiger partial charge in [-0.15, -0.1) is 10.2 Å². The van der Waals surface area contributed by atoms with E-state index in [0.29, 0.717) is 11.8 Å². The van der Waals surface area contributed by atoms with Gasteiger partial charge in [-0.2, -0.15) is 0 Å². The van der Waals surface area contributed by atoms with Crippen molar-refractivity contribution in [2.45, 2.75) is 12.1 Å². The molecule has 1 heterocycles. The van der Waals surface area contributed by atoms with Gasteiger partial charge in [-0.3, -0.25) is 0 Å². The molecule has 0 atom stereocenters. The van der Waals surface area contributed by atoms with Crippen molar-refractivity contribution in [3.8, 4) is 0 Å². The minimum Gasteiger partial charge on any atom is -0.448 e. The maximum atomic E-state index is 11.7. The summed E-state index contributed by atoms with van der Waals surface area (Å²) in [6, 6.07) is 0. The second-order valence-electron chi connectivity index (χ2n) is 2.11. The van der Waals surface area contributed by atoms with Crippen LogP contribution in [0, 0.1) is 6.92 Å². The maximum absolute atomic E-state index is 11.7. The van der Waals surface area contributed by atoms with Gasteiger partial charge < -0.3 is 17.4 Å². The number of hydrogen-bond acceptors (Lipinski definition) is 4. The molecule has 3 nitrogen and oxygen atoms in total. The molecule has 1 aromatic rings. The second-order valence-corrected chi connectivity index (χ2v) is 3.08. The largest absolute Gasteiger partial charge is 0.488 e. The summed E-state index contributed by atoms with van der Waals surface area (Å²) in [6.07, 6.45) is 0. The Morgan fingerprint density at radius 1 is 1.42 bits per heavy atom. The Morgan fingerprint density at radius 3 is 2.50 bits per heavy atom. The summed E-state index contributed by atoms with van der Waals surface area (Å²) in [4.78, 5) is 0. The lowest BCUT2D eigenvalue weighted by Gasteiger charge is -2.09. The molecule has 0 saturated heterocycles. The van der Waals surface area contributed by atoms with Gasteiger partial charge in [0.2, 0.25) is 5.89 Å². The molecule has 0 bridgehead atoms. The first-order valence-corrected chi connectivity index (χ1v) is 4.10. The van der Waals surface area contributed by atoms with E-state index in [-0.39, 0.29) is 11.1 Å². The van der Waals surface area contributed by atoms with Crippen LogP contribution >= 0.6 is 11.8 Å². The SMILES string of the molecule is Cc1nnc(SC[B-](F)(F)F)o1. The molecule has 0 aliphatic carbocycles. The van der Waals surface area contributed by atoms with Gasteiger partial charge in [-0.1, -0.05) is 11.8 Å². The van der Waals surface area contributed by atoms with Crippen molar-refractivity contribution in [1.82, 2.24) is 10.2 Å². The Balaban J connectivity index is 2.44. The molecule has 0 amide bonds. The fourth-order valence-corrected chi connectivity index (χ4v) is 1.11. The maximum Gasteiger partial charge on any atom is 0.488 e. The Bertz CT molecular complexity index is 263. The molecule has 0 N–H and O–H groups in total. The van der Waals surface area contributed by atoms with Gasteiger partial charge >= 0.3 is 6.98 Å². The third-order valence-electron chi connectivity index (χ3n) is 0.903. The van der Waals surface area contributed by atoms with Crippen LogP contribution in [0.4, 0.5) is 12.9 Å². The molecule has 1 rings (SSSR count). The highest BCUT2D eigenvalue weighted by Gasteiger charge is 2.24. The predicted molar refractivity (Wildman–Crippen MR) is 38.8 cm³/mol. The molecule has 0 spiro atoms. The smallest absolute Gasteiger partial charge is 0.448 e. The van der Waals surface area contributed by atoms with Gasteiger partial charge in [0.25, 0.3) is 5.22 Å². The van der Waals surface area contributed by atoms with Crippen LogP contribution in [0.2, 0.25) is 0 Å². The van der Waals surface area contributed by atoms with Gasteiger partial charge in [0, 0.05) is 6.92 Å². The van der Waals surface area contributed by atoms with Crippen LogP contribution in [-0.2, 0) is 0 Å². The third-order valence-corrected chi connectivity index (χ3v) is 1.86. The van der Waals surface area contributed by atoms with Gasteiger partial charge in [0.05, 0.1) is 0 Å². The summed E-state index contributed by atoms with van der Waals surface area (Å²) in [5, 5.41) is 6.76. The summed E-state index contributed by atoms with van der Waals surface area (Å²) in [6.45, 7) is -3.26. The molecule has 8 heteroatoms. The van der Waals surface area contributed by atoms with E-state index in [4.69, 9.17) is 4.42 Å². The Kier molecular flexibility index (Phi) is 2.66. The standard InChI is InChI=1S/C4H5BF3N2OS/c1-3-9-10-4(11-3)12-2-5(6,7)8/h2H2,1H3/q-1. The van der Waals surface area contributed by atoms with Crippen molar-refractivity contribution in [2.24, 2.45) is 0 Å². The first-order valence-electron chi connectivity index (χ1n) is 3.11. The molecule has 1 aromatic heterocycles. The van der Waals surface area contributed by atoms with Crippen LogP contribution in [0.3, 0.4) is 0 Å². The van der Waals surface area contributed by atoms with E-state index in [9.17, 15) is 12.9 Å². The van der Waals surface area contributed by atoms with Crippen LogP contribution in [-0.4, -0.2) is 22.8 Å². The molecular weight excluding hydrogens is 192 g/mol. The normalized spacial score (nSPS) is 12.0. The van der Waals surface area contributed by atoms with Crippen molar-refractivity contribution in [3.05, 3.63) is 5.89 Å². The Labute approximate surface area is 70.8 Å². The highest BCUT2D eigenvalue weighted by Crippen LogP contribution is 2.22. The van der Waals surface area contributed by atoms with Crippen molar-refractivity contribution in [2.75, 3.05) is 5.65 Å². The monoisotopic (exact) mass is 197 g/mol. The van der Waals surface area contributed by atoms with Crippen molar-refractivity contribution in [1.29, 1.82) is 0 Å². The van der Waals surface area contributed by atoms with Crippen LogP contribution < -0.4 is 0 Å². The van der Waals surface area contributed by atoms with Gasteiger partial charge in [-0.25, -0.2) is 0 Å². The molecule has 12 heavy (non-hydrogen) atoms. The molecule has 0 aromatic carbocycles. The van der Waals surface area contributed by atoms with E-state index in [1.165, 1.54) is 6.92 Å². The number of hydrogen-bond donors (Lipinski definition) is 0. The molecule has 0 fully saturated rings. The lowest BCUT2D eigenvalue weighted by atomic mass is 9.98. The molecule has 0 unspecified atom stereocenters. The lowest BCUT2D eigenvalue weighted by molar-refractivity contribution is 0.428. The van der Waals surface area contributed by atoms with E-state index in [2.05, 4.69) is 10.2 Å². The van der Waals surface area contributed by atoms with Gasteiger partial charge in [0.1, 0.15) is 0 Å². The average molecular weight is 197 g/mol. The Hall–Kier alpha value is -0.655. The fraction of sp³-hybridized carbons (Fsp3) is 0.500. The van der Waals surface area contributed by atoms with Gasteiger partial charge in [-0.05, 0) is 5.65 Å². The van der Waals surface area contributed by atoms with E-state index in [1.54, 1.807) is 0 Å². The third kappa shape index (κ3) is 3.16. The minimum atomic E-state index is -4.78. The lowest BCUT2D eigenvalue weighted by Crippen LogP contribution is -2.18. The second kappa shape index (κ2) is 3.38. The predicted octanol–water partition coefficient (Wildman–Crippen LogP) is 1.86. The average Bonchev–Trinajstić information content (AvgIpc) is 2.30. The molecule has 0 radical (unpaired) electrons. The minimum absolute atomic E-state index is 0.0355. The zero-order chi connectivity index (χ0) is 9.19. The zero-order valence-corrected chi connectivity index (χ0v) is 6.95. The van der Waals surface area contributed by atoms with E-state index in [0.717, 1.165) is 0 Å². The van der Waals surface area contributed by atoms with Crippen LogP contribution in [0.15, 0.2) is 9.64 Å². The zero-order valence-electron chi connectivity index (χ0n) is 6.13. The number of aromatic nitrogens is 2. The number of halogens is 3. The van der Waals surface area contributed by atoms with Crippen molar-refractivity contribution in [3.63, 3.8) is 0 Å². The molecule has 0 aliphatic heterocycles. The molecule has 68 valence electrons. The van der Waals surface area contributed by atoms with E-state index in [1.807, 2.05) is 0 Å². The first-order chi connectivity index (χ1) is 5.47. The van der Waals surface area contributed by atoms with Crippen LogP contribution in [0.1, 0.15) is 5.89 Å². The summed E-state index contributed by atoms with van der Waals surface area (Å²) in [7, 11) is 0. The quantitative estimate of drug-likeness (QED) is 0.547. The van der Waals surface area contributed by atoms with E-state index < -0.39 is 12.6 Å². The topological polar surface area (TPSA) is 38.9 Å². The highest BCUT2D eigenvalue weighted by molar-refractivity contribution is 8.00. The number of thioether (sulfide) groups is 1. The van der Waals surface area contributed by atoms with Crippen LogP contribution in [0.25, 0.3) is 0 Å². The number of nitrogens with zero attached hydrogens (tertiary/aromatic N) is 2. The van der Waals surface area contributed by atoms with Crippen LogP contribution in [0.5, 0.6) is 0 Å². The summed E-state index contributed by atoms with van der Waals surface area (Å²) in [5.74, 6) is 0.271. The fourth-order valence-electron chi connectivity index (χ4n) is 0.503. The van der Waals surface area contributed by atoms with Crippen molar-refractivity contribution < 1.29 is 17.4 Å². The molecular formula is C4H5BF3N2OS-. The van der Waals surface area contributed by atoms with E-state index >= 15 is 0 Å². The summed E-state index contributed by atoms with van der Waals surface area (Å²) < 4.78 is 39.8. The summed E-state index contributed by atoms with van der Waals surface area (Å²) in [5.41, 5.74) is -0.943. The van der Waals surface area contributed by atoms with Gasteiger partial charge in [0.15, 0.2) is 0 Å².